The molecule has 0 bridgehead atoms. The molecule has 5 aromatic rings. The van der Waals surface area contributed by atoms with E-state index in [1.807, 2.05) is 45.9 Å². The first-order chi connectivity index (χ1) is 18.0. The number of nitrogens with zero attached hydrogens (tertiary/aromatic N) is 6. The topological polar surface area (TPSA) is 160 Å². The number of benzene rings is 1. The number of pyridine rings is 1. The van der Waals surface area contributed by atoms with Gasteiger partial charge in [0.25, 0.3) is 11.5 Å². The van der Waals surface area contributed by atoms with Gasteiger partial charge in [0, 0.05) is 36.5 Å². The Balaban J connectivity index is 0.000000216. The van der Waals surface area contributed by atoms with Crippen LogP contribution in [0.4, 0.5) is 5.82 Å². The number of aryl methyl sites for hydroxylation is 2. The number of nitrogens with two attached hydrogens (primary N) is 2. The molecule has 4 N–H and O–H groups in total. The molecule has 0 atom stereocenters. The summed E-state index contributed by atoms with van der Waals surface area (Å²) in [5, 5.41) is 9.82. The molecule has 198 valence electrons. The molecule has 11 nitrogen and oxygen atoms in total. The molecule has 0 unspecified atom stereocenters. The predicted octanol–water partition coefficient (Wildman–Crippen LogP) is 3.55. The second-order valence-corrected chi connectivity index (χ2v) is 10.1. The van der Waals surface area contributed by atoms with Crippen LogP contribution in [0.2, 0.25) is 5.02 Å². The van der Waals surface area contributed by atoms with E-state index in [0.29, 0.717) is 40.7 Å². The van der Waals surface area contributed by atoms with E-state index in [-0.39, 0.29) is 22.4 Å². The number of nitrogen functional groups attached to an aromatic ring is 1. The maximum Gasteiger partial charge on any atom is 0.260 e. The summed E-state index contributed by atoms with van der Waals surface area (Å²) in [6.45, 7) is 8.60. The Kier molecular flexibility index (Phi) is 7.49. The monoisotopic (exact) mass is 536 g/mol. The van der Waals surface area contributed by atoms with Gasteiger partial charge in [-0.15, -0.1) is 5.10 Å². The maximum absolute atomic E-state index is 12.9. The highest BCUT2D eigenvalue weighted by Crippen LogP contribution is 2.22. The lowest BCUT2D eigenvalue weighted by atomic mass is 9.97. The highest BCUT2D eigenvalue weighted by atomic mass is 35.5. The van der Waals surface area contributed by atoms with Crippen LogP contribution in [0, 0.1) is 0 Å². The maximum atomic E-state index is 12.9. The molecule has 0 aliphatic rings. The fourth-order valence-electron chi connectivity index (χ4n) is 3.96. The Morgan fingerprint density at radius 2 is 1.97 bits per heavy atom. The quantitative estimate of drug-likeness (QED) is 0.344. The summed E-state index contributed by atoms with van der Waals surface area (Å²) in [6, 6.07) is 9.24. The second-order valence-electron chi connectivity index (χ2n) is 9.68. The van der Waals surface area contributed by atoms with Crippen LogP contribution in [0.3, 0.4) is 0 Å². The summed E-state index contributed by atoms with van der Waals surface area (Å²) in [6.07, 6.45) is 4.48. The first kappa shape index (κ1) is 26.8. The normalized spacial score (nSPS) is 11.5. The van der Waals surface area contributed by atoms with E-state index in [1.165, 1.54) is 4.52 Å². The Bertz CT molecular complexity index is 1680. The van der Waals surface area contributed by atoms with Gasteiger partial charge >= 0.3 is 0 Å². The van der Waals surface area contributed by atoms with Gasteiger partial charge in [-0.05, 0) is 30.0 Å². The molecule has 38 heavy (non-hydrogen) atoms. The van der Waals surface area contributed by atoms with Gasteiger partial charge in [0.15, 0.2) is 17.3 Å². The Labute approximate surface area is 223 Å². The number of carbonyl (C=O) groups is 1. The lowest BCUT2D eigenvalue weighted by Crippen LogP contribution is -2.25. The Hall–Kier alpha value is -4.25. The van der Waals surface area contributed by atoms with E-state index in [1.54, 1.807) is 29.1 Å². The average Bonchev–Trinajstić information content (AvgIpc) is 3.47. The number of primary amides is 1. The van der Waals surface area contributed by atoms with Crippen molar-refractivity contribution >= 4 is 39.7 Å². The van der Waals surface area contributed by atoms with Crippen molar-refractivity contribution in [3.8, 4) is 0 Å². The van der Waals surface area contributed by atoms with Crippen molar-refractivity contribution in [2.75, 3.05) is 5.73 Å². The number of fused-ring (bicyclic) bond motifs is 2. The zero-order valence-corrected chi connectivity index (χ0v) is 22.4. The van der Waals surface area contributed by atoms with E-state index in [0.717, 1.165) is 17.5 Å². The van der Waals surface area contributed by atoms with E-state index in [4.69, 9.17) is 27.6 Å². The molecular formula is C26H29ClN8O3. The molecule has 1 aromatic carbocycles. The standard InChI is InChI=1S/C19H22ClN3O2.C7H7N5O/c1-5-13-11-12-7-6-8-14(20)16(12)17(24)23(13)10-9-15-21-18(25-22-15)19(2,3)4;8-5-4(6(9)13)7-10-2-1-3-12(7)11-5/h6-8,11H,5,9-10H2,1-4H3;1-3H,(H2,8,11)(H2,9,13). The van der Waals surface area contributed by atoms with Crippen molar-refractivity contribution in [3.63, 3.8) is 0 Å². The van der Waals surface area contributed by atoms with E-state index < -0.39 is 5.91 Å². The van der Waals surface area contributed by atoms with Gasteiger partial charge in [-0.25, -0.2) is 9.50 Å². The fraction of sp³-hybridized carbons (Fsp3) is 0.308. The molecule has 4 heterocycles. The van der Waals surface area contributed by atoms with Gasteiger partial charge in [0.1, 0.15) is 5.56 Å². The van der Waals surface area contributed by atoms with Crippen LogP contribution in [0.25, 0.3) is 16.4 Å². The second kappa shape index (κ2) is 10.6. The smallest absolute Gasteiger partial charge is 0.260 e. The SMILES string of the molecule is CCc1cc2cccc(Cl)c2c(=O)n1CCc1noc(C(C)(C)C)n1.NC(=O)c1c(N)nn2cccnc12. The first-order valence-electron chi connectivity index (χ1n) is 12.0. The molecule has 0 radical (unpaired) electrons. The van der Waals surface area contributed by atoms with Crippen molar-refractivity contribution < 1.29 is 9.32 Å². The van der Waals surface area contributed by atoms with Gasteiger partial charge in [-0.1, -0.05) is 56.6 Å². The molecular weight excluding hydrogens is 508 g/mol. The number of aromatic nitrogens is 6. The summed E-state index contributed by atoms with van der Waals surface area (Å²) >= 11 is 6.25. The van der Waals surface area contributed by atoms with E-state index in [9.17, 15) is 9.59 Å². The lowest BCUT2D eigenvalue weighted by molar-refractivity contribution is 0.100. The van der Waals surface area contributed by atoms with Crippen LogP contribution in [-0.4, -0.2) is 35.2 Å². The number of hydrogen-bond acceptors (Lipinski definition) is 8. The van der Waals surface area contributed by atoms with Crippen LogP contribution < -0.4 is 17.0 Å². The van der Waals surface area contributed by atoms with Crippen molar-refractivity contribution in [3.05, 3.63) is 81.1 Å². The zero-order valence-electron chi connectivity index (χ0n) is 21.6. The van der Waals surface area contributed by atoms with Gasteiger partial charge < -0.3 is 20.6 Å². The summed E-state index contributed by atoms with van der Waals surface area (Å²) in [5.41, 5.74) is 11.9. The minimum Gasteiger partial charge on any atom is -0.381 e. The summed E-state index contributed by atoms with van der Waals surface area (Å²) in [4.78, 5) is 32.3. The fourth-order valence-corrected chi connectivity index (χ4v) is 4.22. The molecule has 0 saturated heterocycles. The molecule has 12 heteroatoms. The van der Waals surface area contributed by atoms with Crippen LogP contribution in [0.5, 0.6) is 0 Å². The van der Waals surface area contributed by atoms with Crippen molar-refractivity contribution in [2.45, 2.75) is 52.5 Å². The number of halogens is 1. The van der Waals surface area contributed by atoms with Crippen molar-refractivity contribution in [1.29, 1.82) is 0 Å². The van der Waals surface area contributed by atoms with Crippen molar-refractivity contribution in [1.82, 2.24) is 29.3 Å². The van der Waals surface area contributed by atoms with E-state index >= 15 is 0 Å². The zero-order chi connectivity index (χ0) is 27.6. The Morgan fingerprint density at radius 1 is 1.21 bits per heavy atom. The van der Waals surface area contributed by atoms with Crippen LogP contribution in [0.1, 0.15) is 55.5 Å². The summed E-state index contributed by atoms with van der Waals surface area (Å²) in [7, 11) is 0. The number of carbonyl (C=O) groups excluding carboxylic acids is 1. The average molecular weight is 537 g/mol. The number of anilines is 1. The summed E-state index contributed by atoms with van der Waals surface area (Å²) < 4.78 is 8.50. The molecule has 5 rings (SSSR count). The van der Waals surface area contributed by atoms with Gasteiger partial charge in [-0.3, -0.25) is 9.59 Å². The molecule has 1 amide bonds. The lowest BCUT2D eigenvalue weighted by Gasteiger charge is -2.13. The molecule has 0 aliphatic carbocycles. The van der Waals surface area contributed by atoms with Crippen LogP contribution >= 0.6 is 11.6 Å². The predicted molar refractivity (Wildman–Crippen MR) is 145 cm³/mol. The van der Waals surface area contributed by atoms with Gasteiger partial charge in [0.05, 0.1) is 10.4 Å². The van der Waals surface area contributed by atoms with Gasteiger partial charge in [0.2, 0.25) is 5.89 Å². The third kappa shape index (κ3) is 5.37. The molecule has 0 aliphatic heterocycles. The summed E-state index contributed by atoms with van der Waals surface area (Å²) in [5.74, 6) is 0.697. The van der Waals surface area contributed by atoms with Gasteiger partial charge in [-0.2, -0.15) is 4.98 Å². The molecule has 0 spiro atoms. The molecule has 0 fully saturated rings. The molecule has 0 saturated carbocycles. The first-order valence-corrected chi connectivity index (χ1v) is 12.4. The number of hydrogen-bond donors (Lipinski definition) is 2. The minimum atomic E-state index is -0.619. The number of amides is 1. The van der Waals surface area contributed by atoms with Crippen LogP contribution in [-0.2, 0) is 24.8 Å². The van der Waals surface area contributed by atoms with Crippen LogP contribution in [0.15, 0.2) is 52.0 Å². The number of rotatable bonds is 5. The largest absolute Gasteiger partial charge is 0.381 e. The minimum absolute atomic E-state index is 0.0699. The van der Waals surface area contributed by atoms with E-state index in [2.05, 4.69) is 20.2 Å². The third-order valence-corrected chi connectivity index (χ3v) is 6.19. The molecule has 4 aromatic heterocycles. The van der Waals surface area contributed by atoms with Crippen molar-refractivity contribution in [2.24, 2.45) is 5.73 Å². The third-order valence-electron chi connectivity index (χ3n) is 5.87. The Morgan fingerprint density at radius 3 is 2.63 bits per heavy atom. The highest BCUT2D eigenvalue weighted by molar-refractivity contribution is 6.35. The highest BCUT2D eigenvalue weighted by Gasteiger charge is 2.22.